The first kappa shape index (κ1) is 18.9. The van der Waals surface area contributed by atoms with Gasteiger partial charge in [0.05, 0.1) is 5.56 Å². The molecule has 0 bridgehead atoms. The third kappa shape index (κ3) is 2.49. The van der Waals surface area contributed by atoms with Crippen LogP contribution in [0.3, 0.4) is 0 Å². The molecule has 0 fully saturated rings. The molecule has 0 saturated heterocycles. The lowest BCUT2D eigenvalue weighted by molar-refractivity contribution is -0.660. The van der Waals surface area contributed by atoms with Crippen LogP contribution in [0, 0.1) is 20.8 Å². The van der Waals surface area contributed by atoms with Gasteiger partial charge in [0.15, 0.2) is 6.20 Å². The standard InChI is InChI=1S/C27H32N/c1-17-13-14-22-25(24(17)23-15-18(2)19(3)16-28(23)8)27(6,7)21-12-10-9-11-20(21)26(22,4)5/h9-16H,1-8H3/q+1. The molecule has 4 rings (SSSR count). The van der Waals surface area contributed by atoms with Crippen LogP contribution >= 0.6 is 0 Å². The first-order valence-electron chi connectivity index (χ1n) is 10.3. The summed E-state index contributed by atoms with van der Waals surface area (Å²) in [5.41, 5.74) is 12.5. The molecule has 0 saturated carbocycles. The van der Waals surface area contributed by atoms with Crippen LogP contribution in [-0.4, -0.2) is 0 Å². The van der Waals surface area contributed by atoms with E-state index in [2.05, 4.69) is 109 Å². The van der Waals surface area contributed by atoms with Gasteiger partial charge < -0.3 is 0 Å². The molecule has 144 valence electrons. The van der Waals surface area contributed by atoms with Gasteiger partial charge in [0, 0.05) is 22.5 Å². The molecular weight excluding hydrogens is 338 g/mol. The zero-order valence-corrected chi connectivity index (χ0v) is 18.6. The van der Waals surface area contributed by atoms with Crippen molar-refractivity contribution in [1.29, 1.82) is 0 Å². The van der Waals surface area contributed by atoms with E-state index in [-0.39, 0.29) is 10.8 Å². The van der Waals surface area contributed by atoms with Crippen molar-refractivity contribution < 1.29 is 4.57 Å². The largest absolute Gasteiger partial charge is 0.213 e. The second-order valence-corrected chi connectivity index (χ2v) is 9.61. The second kappa shape index (κ2) is 6.04. The van der Waals surface area contributed by atoms with Crippen LogP contribution in [0.1, 0.15) is 66.6 Å². The van der Waals surface area contributed by atoms with Gasteiger partial charge in [-0.1, -0.05) is 64.1 Å². The smallest absolute Gasteiger partial charge is 0.201 e. The van der Waals surface area contributed by atoms with Crippen LogP contribution in [-0.2, 0) is 17.9 Å². The fourth-order valence-corrected chi connectivity index (χ4v) is 5.19. The van der Waals surface area contributed by atoms with Crippen LogP contribution in [0.15, 0.2) is 48.7 Å². The summed E-state index contributed by atoms with van der Waals surface area (Å²) in [7, 11) is 2.18. The minimum atomic E-state index is -0.0470. The van der Waals surface area contributed by atoms with Gasteiger partial charge in [-0.05, 0) is 54.2 Å². The van der Waals surface area contributed by atoms with Crippen molar-refractivity contribution in [1.82, 2.24) is 0 Å². The number of nitrogens with zero attached hydrogens (tertiary/aromatic N) is 1. The van der Waals surface area contributed by atoms with Crippen molar-refractivity contribution in [3.63, 3.8) is 0 Å². The van der Waals surface area contributed by atoms with Crippen LogP contribution < -0.4 is 4.57 Å². The maximum Gasteiger partial charge on any atom is 0.213 e. The minimum absolute atomic E-state index is 0.0117. The summed E-state index contributed by atoms with van der Waals surface area (Å²) in [4.78, 5) is 0. The number of fused-ring (bicyclic) bond motifs is 2. The van der Waals surface area contributed by atoms with Crippen molar-refractivity contribution in [3.05, 3.63) is 87.6 Å². The summed E-state index contributed by atoms with van der Waals surface area (Å²) in [5.74, 6) is 0. The highest BCUT2D eigenvalue weighted by Gasteiger charge is 2.44. The molecule has 0 unspecified atom stereocenters. The maximum absolute atomic E-state index is 2.39. The Balaban J connectivity index is 2.14. The Kier molecular flexibility index (Phi) is 4.08. The third-order valence-electron chi connectivity index (χ3n) is 6.98. The lowest BCUT2D eigenvalue weighted by atomic mass is 9.58. The van der Waals surface area contributed by atoms with Crippen LogP contribution in [0.5, 0.6) is 0 Å². The molecule has 3 aromatic rings. The fourth-order valence-electron chi connectivity index (χ4n) is 5.19. The van der Waals surface area contributed by atoms with E-state index in [1.807, 2.05) is 0 Å². The Bertz CT molecular complexity index is 1100. The Morgan fingerprint density at radius 1 is 0.679 bits per heavy atom. The first-order chi connectivity index (χ1) is 13.1. The van der Waals surface area contributed by atoms with Crippen LogP contribution in [0.2, 0.25) is 0 Å². The lowest BCUT2D eigenvalue weighted by Gasteiger charge is -2.45. The molecule has 2 aromatic carbocycles. The van der Waals surface area contributed by atoms with E-state index in [4.69, 9.17) is 0 Å². The van der Waals surface area contributed by atoms with Gasteiger partial charge in [-0.2, -0.15) is 0 Å². The summed E-state index contributed by atoms with van der Waals surface area (Å²) in [5, 5.41) is 0. The van der Waals surface area contributed by atoms with Gasteiger partial charge in [0.25, 0.3) is 0 Å². The molecular formula is C27H32N+. The predicted octanol–water partition coefficient (Wildman–Crippen LogP) is 6.07. The zero-order chi connectivity index (χ0) is 20.4. The number of hydrogen-bond donors (Lipinski definition) is 0. The van der Waals surface area contributed by atoms with E-state index in [0.717, 1.165) is 0 Å². The fraction of sp³-hybridized carbons (Fsp3) is 0.370. The van der Waals surface area contributed by atoms with Gasteiger partial charge in [-0.15, -0.1) is 0 Å². The Morgan fingerprint density at radius 3 is 1.93 bits per heavy atom. The molecule has 0 atom stereocenters. The Hall–Kier alpha value is -2.41. The van der Waals surface area contributed by atoms with Gasteiger partial charge in [-0.3, -0.25) is 0 Å². The highest BCUT2D eigenvalue weighted by Crippen LogP contribution is 2.52. The molecule has 0 spiro atoms. The van der Waals surface area contributed by atoms with Crippen LogP contribution in [0.4, 0.5) is 0 Å². The number of hydrogen-bond acceptors (Lipinski definition) is 0. The number of pyridine rings is 1. The molecule has 0 radical (unpaired) electrons. The van der Waals surface area contributed by atoms with E-state index < -0.39 is 0 Å². The van der Waals surface area contributed by atoms with E-state index >= 15 is 0 Å². The van der Waals surface area contributed by atoms with Crippen molar-refractivity contribution in [3.8, 4) is 11.3 Å². The topological polar surface area (TPSA) is 3.88 Å². The average molecular weight is 371 g/mol. The van der Waals surface area contributed by atoms with Crippen LogP contribution in [0.25, 0.3) is 11.3 Å². The van der Waals surface area contributed by atoms with E-state index in [1.54, 1.807) is 0 Å². The predicted molar refractivity (Wildman–Crippen MR) is 118 cm³/mol. The van der Waals surface area contributed by atoms with Crippen molar-refractivity contribution in [2.45, 2.75) is 59.3 Å². The SMILES string of the molecule is Cc1cc(-c2c(C)ccc3c2C(C)(C)c2ccccc2C3(C)C)[n+](C)cc1C. The molecule has 28 heavy (non-hydrogen) atoms. The molecule has 1 aliphatic carbocycles. The normalized spacial score (nSPS) is 16.4. The zero-order valence-electron chi connectivity index (χ0n) is 18.6. The van der Waals surface area contributed by atoms with E-state index in [0.29, 0.717) is 0 Å². The molecule has 1 aliphatic rings. The quantitative estimate of drug-likeness (QED) is 0.458. The first-order valence-corrected chi connectivity index (χ1v) is 10.3. The second-order valence-electron chi connectivity index (χ2n) is 9.61. The van der Waals surface area contributed by atoms with E-state index in [1.165, 1.54) is 50.2 Å². The number of rotatable bonds is 1. The molecule has 0 N–H and O–H groups in total. The monoisotopic (exact) mass is 370 g/mol. The molecule has 1 nitrogen and oxygen atoms in total. The highest BCUT2D eigenvalue weighted by molar-refractivity contribution is 5.75. The van der Waals surface area contributed by atoms with Gasteiger partial charge >= 0.3 is 0 Å². The molecule has 1 heterocycles. The molecule has 0 amide bonds. The summed E-state index contributed by atoms with van der Waals surface area (Å²) >= 11 is 0. The molecule has 0 aliphatic heterocycles. The summed E-state index contributed by atoms with van der Waals surface area (Å²) < 4.78 is 2.30. The summed E-state index contributed by atoms with van der Waals surface area (Å²) in [6.07, 6.45) is 2.26. The van der Waals surface area contributed by atoms with Crippen molar-refractivity contribution in [2.24, 2.45) is 7.05 Å². The molecule has 1 heteroatoms. The van der Waals surface area contributed by atoms with Gasteiger partial charge in [0.2, 0.25) is 5.69 Å². The summed E-state index contributed by atoms with van der Waals surface area (Å²) in [6.45, 7) is 16.2. The van der Waals surface area contributed by atoms with Crippen molar-refractivity contribution in [2.75, 3.05) is 0 Å². The third-order valence-corrected chi connectivity index (χ3v) is 6.98. The number of aromatic nitrogens is 1. The maximum atomic E-state index is 2.39. The summed E-state index contributed by atoms with van der Waals surface area (Å²) in [6, 6.07) is 16.1. The van der Waals surface area contributed by atoms with Gasteiger partial charge in [0.1, 0.15) is 7.05 Å². The lowest BCUT2D eigenvalue weighted by Crippen LogP contribution is -2.39. The number of aryl methyl sites for hydroxylation is 4. The average Bonchev–Trinajstić information content (AvgIpc) is 2.63. The van der Waals surface area contributed by atoms with Crippen molar-refractivity contribution >= 4 is 0 Å². The Morgan fingerprint density at radius 2 is 1.29 bits per heavy atom. The number of benzene rings is 2. The highest BCUT2D eigenvalue weighted by atomic mass is 14.9. The van der Waals surface area contributed by atoms with Gasteiger partial charge in [-0.25, -0.2) is 4.57 Å². The Labute approximate surface area is 170 Å². The molecule has 1 aromatic heterocycles. The van der Waals surface area contributed by atoms with E-state index in [9.17, 15) is 0 Å². The minimum Gasteiger partial charge on any atom is -0.201 e.